The number of nitrogens with two attached hydrogens (primary N) is 1. The van der Waals surface area contributed by atoms with Gasteiger partial charge in [-0.1, -0.05) is 27.2 Å². The van der Waals surface area contributed by atoms with Crippen LogP contribution < -0.4 is 10.6 Å². The Kier molecular flexibility index (Phi) is 4.17. The normalized spacial score (nSPS) is 15.2. The number of hydrogen-bond acceptors (Lipinski definition) is 4. The lowest BCUT2D eigenvalue weighted by Crippen LogP contribution is -2.28. The Bertz CT molecular complexity index is 653. The quantitative estimate of drug-likeness (QED) is 0.366. The van der Waals surface area contributed by atoms with E-state index >= 15 is 0 Å². The van der Waals surface area contributed by atoms with Gasteiger partial charge in [0.05, 0.1) is 6.54 Å². The third-order valence-electron chi connectivity index (χ3n) is 3.55. The summed E-state index contributed by atoms with van der Waals surface area (Å²) < 4.78 is 0.990. The van der Waals surface area contributed by atoms with Crippen LogP contribution in [0.5, 0.6) is 0 Å². The van der Waals surface area contributed by atoms with Crippen LogP contribution in [-0.4, -0.2) is 17.1 Å². The molecule has 0 aliphatic heterocycles. The lowest BCUT2D eigenvalue weighted by Gasteiger charge is -2.26. The van der Waals surface area contributed by atoms with Crippen molar-refractivity contribution in [3.05, 3.63) is 50.6 Å². The molecule has 1 aliphatic carbocycles. The molecule has 0 spiro atoms. The van der Waals surface area contributed by atoms with Crippen molar-refractivity contribution < 1.29 is 5.21 Å². The lowest BCUT2D eigenvalue weighted by molar-refractivity contribution is 0.318. The monoisotopic (exact) mass is 365 g/mol. The molecule has 1 aromatic carbocycles. The summed E-state index contributed by atoms with van der Waals surface area (Å²) in [5.74, 6) is 0.148. The molecule has 1 aromatic heterocycles. The van der Waals surface area contributed by atoms with Crippen LogP contribution in [0.1, 0.15) is 23.3 Å². The highest BCUT2D eigenvalue weighted by molar-refractivity contribution is 9.10. The Balaban J connectivity index is 2.00. The molecule has 0 atom stereocenters. The first-order valence-electron chi connectivity index (χ1n) is 6.75. The lowest BCUT2D eigenvalue weighted by atomic mass is 10.1. The van der Waals surface area contributed by atoms with Crippen LogP contribution >= 0.6 is 27.3 Å². The molecule has 4 nitrogen and oxygen atoms in total. The molecule has 21 heavy (non-hydrogen) atoms. The van der Waals surface area contributed by atoms with Crippen LogP contribution in [0.25, 0.3) is 0 Å². The van der Waals surface area contributed by atoms with Gasteiger partial charge < -0.3 is 15.8 Å². The van der Waals surface area contributed by atoms with Crippen LogP contribution in [0, 0.1) is 0 Å². The number of oxime groups is 1. The van der Waals surface area contributed by atoms with E-state index in [1.54, 1.807) is 11.3 Å². The summed E-state index contributed by atoms with van der Waals surface area (Å²) in [4.78, 5) is 3.66. The van der Waals surface area contributed by atoms with Crippen molar-refractivity contribution in [3.8, 4) is 0 Å². The van der Waals surface area contributed by atoms with Gasteiger partial charge in [0.25, 0.3) is 0 Å². The zero-order valence-electron chi connectivity index (χ0n) is 11.4. The molecule has 0 radical (unpaired) electrons. The van der Waals surface area contributed by atoms with Gasteiger partial charge in [0.1, 0.15) is 0 Å². The largest absolute Gasteiger partial charge is 0.409 e. The molecule has 0 bridgehead atoms. The molecule has 0 amide bonds. The zero-order valence-corrected chi connectivity index (χ0v) is 13.8. The molecule has 1 saturated carbocycles. The van der Waals surface area contributed by atoms with E-state index in [1.165, 1.54) is 17.7 Å². The van der Waals surface area contributed by atoms with Crippen molar-refractivity contribution in [2.24, 2.45) is 10.9 Å². The predicted octanol–water partition coefficient (Wildman–Crippen LogP) is 3.77. The van der Waals surface area contributed by atoms with E-state index in [0.717, 1.165) is 22.3 Å². The van der Waals surface area contributed by atoms with Gasteiger partial charge in [-0.3, -0.25) is 0 Å². The van der Waals surface area contributed by atoms with Crippen LogP contribution in [0.2, 0.25) is 0 Å². The van der Waals surface area contributed by atoms with Gasteiger partial charge in [-0.05, 0) is 42.5 Å². The molecule has 1 heterocycles. The first-order valence-corrected chi connectivity index (χ1v) is 8.43. The third-order valence-corrected chi connectivity index (χ3v) is 4.90. The maximum absolute atomic E-state index is 9.01. The number of rotatable bonds is 5. The molecule has 3 N–H and O–H groups in total. The Morgan fingerprint density at radius 2 is 2.24 bits per heavy atom. The molecule has 3 rings (SSSR count). The van der Waals surface area contributed by atoms with Gasteiger partial charge in [0.15, 0.2) is 5.84 Å². The maximum Gasteiger partial charge on any atom is 0.172 e. The predicted molar refractivity (Wildman–Crippen MR) is 90.2 cm³/mol. The highest BCUT2D eigenvalue weighted by Gasteiger charge is 2.31. The third kappa shape index (κ3) is 3.22. The van der Waals surface area contributed by atoms with Gasteiger partial charge >= 0.3 is 0 Å². The summed E-state index contributed by atoms with van der Waals surface area (Å²) in [5, 5.41) is 14.3. The van der Waals surface area contributed by atoms with Crippen LogP contribution in [0.15, 0.2) is 45.3 Å². The number of halogens is 1. The Morgan fingerprint density at radius 1 is 1.43 bits per heavy atom. The van der Waals surface area contributed by atoms with E-state index in [1.807, 2.05) is 18.2 Å². The summed E-state index contributed by atoms with van der Waals surface area (Å²) in [5.41, 5.74) is 7.62. The van der Waals surface area contributed by atoms with E-state index in [2.05, 4.69) is 43.5 Å². The number of thiophene rings is 1. The van der Waals surface area contributed by atoms with Gasteiger partial charge in [0.2, 0.25) is 0 Å². The van der Waals surface area contributed by atoms with E-state index in [9.17, 15) is 0 Å². The highest BCUT2D eigenvalue weighted by Crippen LogP contribution is 2.36. The first kappa shape index (κ1) is 14.4. The first-order chi connectivity index (χ1) is 10.2. The molecular weight excluding hydrogens is 350 g/mol. The highest BCUT2D eigenvalue weighted by atomic mass is 79.9. The van der Waals surface area contributed by atoms with Crippen molar-refractivity contribution in [3.63, 3.8) is 0 Å². The fourth-order valence-electron chi connectivity index (χ4n) is 2.38. The number of amidine groups is 1. The second-order valence-electron chi connectivity index (χ2n) is 5.09. The van der Waals surface area contributed by atoms with Crippen molar-refractivity contribution in [1.82, 2.24) is 0 Å². The van der Waals surface area contributed by atoms with Gasteiger partial charge in [-0.25, -0.2) is 0 Å². The van der Waals surface area contributed by atoms with Crippen LogP contribution in [-0.2, 0) is 6.54 Å². The van der Waals surface area contributed by atoms with Crippen molar-refractivity contribution in [1.29, 1.82) is 0 Å². The van der Waals surface area contributed by atoms with E-state index in [-0.39, 0.29) is 5.84 Å². The van der Waals surface area contributed by atoms with Crippen LogP contribution in [0.4, 0.5) is 5.69 Å². The van der Waals surface area contributed by atoms with Gasteiger partial charge in [0, 0.05) is 26.6 Å². The minimum absolute atomic E-state index is 0.148. The van der Waals surface area contributed by atoms with E-state index in [4.69, 9.17) is 10.9 Å². The Labute approximate surface area is 136 Å². The van der Waals surface area contributed by atoms with Crippen molar-refractivity contribution >= 4 is 38.8 Å². The van der Waals surface area contributed by atoms with Crippen molar-refractivity contribution in [2.75, 3.05) is 4.90 Å². The molecule has 0 unspecified atom stereocenters. The average molecular weight is 366 g/mol. The van der Waals surface area contributed by atoms with Gasteiger partial charge in [-0.15, -0.1) is 11.3 Å². The summed E-state index contributed by atoms with van der Waals surface area (Å²) in [7, 11) is 0. The standard InChI is InChI=1S/C15H16BrN3OS/c16-10-3-6-13(15(17)18-20)14(8-10)19(11-4-5-11)9-12-2-1-7-21-12/h1-3,6-8,11,20H,4-5,9H2,(H2,17,18). The maximum atomic E-state index is 9.01. The Morgan fingerprint density at radius 3 is 2.86 bits per heavy atom. The van der Waals surface area contributed by atoms with E-state index in [0.29, 0.717) is 6.04 Å². The summed E-state index contributed by atoms with van der Waals surface area (Å²) >= 11 is 5.27. The van der Waals surface area contributed by atoms with Gasteiger partial charge in [-0.2, -0.15) is 0 Å². The number of benzene rings is 1. The minimum Gasteiger partial charge on any atom is -0.409 e. The molecular formula is C15H16BrN3OS. The second kappa shape index (κ2) is 6.07. The summed E-state index contributed by atoms with van der Waals surface area (Å²) in [6.45, 7) is 0.852. The zero-order chi connectivity index (χ0) is 14.8. The average Bonchev–Trinajstić information content (AvgIpc) is 3.20. The van der Waals surface area contributed by atoms with Crippen LogP contribution in [0.3, 0.4) is 0 Å². The summed E-state index contributed by atoms with van der Waals surface area (Å²) in [6, 6.07) is 10.6. The number of hydrogen-bond donors (Lipinski definition) is 2. The second-order valence-corrected chi connectivity index (χ2v) is 7.03. The molecule has 1 fully saturated rings. The van der Waals surface area contributed by atoms with E-state index < -0.39 is 0 Å². The van der Waals surface area contributed by atoms with Crippen molar-refractivity contribution in [2.45, 2.75) is 25.4 Å². The number of anilines is 1. The topological polar surface area (TPSA) is 61.9 Å². The molecule has 6 heteroatoms. The fraction of sp³-hybridized carbons (Fsp3) is 0.267. The number of nitrogens with zero attached hydrogens (tertiary/aromatic N) is 2. The molecule has 0 saturated heterocycles. The fourth-order valence-corrected chi connectivity index (χ4v) is 3.43. The SMILES string of the molecule is N/C(=N/O)c1ccc(Br)cc1N(Cc1cccs1)C1CC1. The molecule has 2 aromatic rings. The molecule has 110 valence electrons. The summed E-state index contributed by atoms with van der Waals surface area (Å²) in [6.07, 6.45) is 2.38. The molecule has 1 aliphatic rings. The minimum atomic E-state index is 0.148. The Hall–Kier alpha value is -1.53. The smallest absolute Gasteiger partial charge is 0.172 e.